The normalized spacial score (nSPS) is 17.0. The Balaban J connectivity index is 2.06. The van der Waals surface area contributed by atoms with Crippen LogP contribution < -0.4 is 4.72 Å². The number of nitrogens with one attached hydrogen (secondary N) is 1. The standard InChI is InChI=1S/C17H17FN2O5S/c18-14-5-3-4-13(12-14)17(8-10-25-11-9-17)19-26(23,24)16-7-2-1-6-15(16)20(21)22/h1-7,12,19H,8-11H2. The van der Waals surface area contributed by atoms with Crippen LogP contribution in [0.15, 0.2) is 53.4 Å². The molecule has 2 aromatic rings. The van der Waals surface area contributed by atoms with Gasteiger partial charge in [0.15, 0.2) is 4.90 Å². The van der Waals surface area contributed by atoms with Gasteiger partial charge in [0.1, 0.15) is 5.82 Å². The highest BCUT2D eigenvalue weighted by atomic mass is 32.2. The van der Waals surface area contributed by atoms with Crippen molar-refractivity contribution < 1.29 is 22.5 Å². The van der Waals surface area contributed by atoms with E-state index in [1.807, 2.05) is 0 Å². The van der Waals surface area contributed by atoms with Gasteiger partial charge in [-0.2, -0.15) is 0 Å². The average Bonchev–Trinajstić information content (AvgIpc) is 2.62. The summed E-state index contributed by atoms with van der Waals surface area (Å²) in [6.45, 7) is 0.575. The van der Waals surface area contributed by atoms with Gasteiger partial charge in [0.05, 0.1) is 10.5 Å². The second-order valence-corrected chi connectivity index (χ2v) is 7.69. The van der Waals surface area contributed by atoms with Gasteiger partial charge in [-0.25, -0.2) is 17.5 Å². The second kappa shape index (κ2) is 7.10. The van der Waals surface area contributed by atoms with Gasteiger partial charge in [-0.15, -0.1) is 0 Å². The summed E-state index contributed by atoms with van der Waals surface area (Å²) in [6.07, 6.45) is 0.576. The fourth-order valence-electron chi connectivity index (χ4n) is 3.10. The number of sulfonamides is 1. The maximum atomic E-state index is 13.7. The van der Waals surface area contributed by atoms with Crippen molar-refractivity contribution in [1.82, 2.24) is 4.72 Å². The fraction of sp³-hybridized carbons (Fsp3) is 0.294. The van der Waals surface area contributed by atoms with Crippen LogP contribution in [0.3, 0.4) is 0 Å². The molecular weight excluding hydrogens is 363 g/mol. The molecule has 0 aromatic heterocycles. The summed E-state index contributed by atoms with van der Waals surface area (Å²) in [5, 5.41) is 11.2. The molecule has 1 aliphatic rings. The van der Waals surface area contributed by atoms with Crippen molar-refractivity contribution in [3.05, 3.63) is 70.0 Å². The van der Waals surface area contributed by atoms with Crippen LogP contribution in [-0.2, 0) is 20.3 Å². The molecular formula is C17H17FN2O5S. The lowest BCUT2D eigenvalue weighted by atomic mass is 9.84. The molecule has 1 saturated heterocycles. The Morgan fingerprint density at radius 3 is 2.46 bits per heavy atom. The van der Waals surface area contributed by atoms with Gasteiger partial charge in [0.25, 0.3) is 5.69 Å². The predicted octanol–water partition coefficient (Wildman–Crippen LogP) is 2.72. The SMILES string of the molecule is O=[N+]([O-])c1ccccc1S(=O)(=O)NC1(c2cccc(F)c2)CCOCC1. The van der Waals surface area contributed by atoms with E-state index in [0.29, 0.717) is 5.56 Å². The molecule has 3 rings (SSSR count). The van der Waals surface area contributed by atoms with Crippen LogP contribution in [0.25, 0.3) is 0 Å². The summed E-state index contributed by atoms with van der Waals surface area (Å²) in [5.41, 5.74) is -1.15. The van der Waals surface area contributed by atoms with E-state index in [1.165, 1.54) is 36.4 Å². The number of nitrogens with zero attached hydrogens (tertiary/aromatic N) is 1. The Bertz CT molecular complexity index is 926. The maximum absolute atomic E-state index is 13.7. The molecule has 0 saturated carbocycles. The minimum absolute atomic E-state index is 0.288. The van der Waals surface area contributed by atoms with E-state index >= 15 is 0 Å². The first-order valence-corrected chi connectivity index (χ1v) is 9.44. The minimum atomic E-state index is -4.22. The second-order valence-electron chi connectivity index (χ2n) is 6.04. The molecule has 1 N–H and O–H groups in total. The van der Waals surface area contributed by atoms with Crippen molar-refractivity contribution in [2.24, 2.45) is 0 Å². The number of nitro groups is 1. The zero-order chi connectivity index (χ0) is 18.8. The highest BCUT2D eigenvalue weighted by Crippen LogP contribution is 2.35. The van der Waals surface area contributed by atoms with Crippen molar-refractivity contribution in [2.45, 2.75) is 23.3 Å². The van der Waals surface area contributed by atoms with Crippen molar-refractivity contribution >= 4 is 15.7 Å². The molecule has 0 bridgehead atoms. The highest BCUT2D eigenvalue weighted by Gasteiger charge is 2.40. The van der Waals surface area contributed by atoms with Crippen molar-refractivity contribution in [3.63, 3.8) is 0 Å². The molecule has 1 fully saturated rings. The highest BCUT2D eigenvalue weighted by molar-refractivity contribution is 7.89. The Labute approximate surface area is 150 Å². The molecule has 138 valence electrons. The number of ether oxygens (including phenoxy) is 1. The van der Waals surface area contributed by atoms with Gasteiger partial charge < -0.3 is 4.74 Å². The van der Waals surface area contributed by atoms with E-state index in [4.69, 9.17) is 4.74 Å². The largest absolute Gasteiger partial charge is 0.381 e. The molecule has 0 aliphatic carbocycles. The van der Waals surface area contributed by atoms with Crippen molar-refractivity contribution in [3.8, 4) is 0 Å². The predicted molar refractivity (Wildman–Crippen MR) is 91.5 cm³/mol. The van der Waals surface area contributed by atoms with Gasteiger partial charge >= 0.3 is 0 Å². The van der Waals surface area contributed by atoms with Crippen LogP contribution in [0.2, 0.25) is 0 Å². The van der Waals surface area contributed by atoms with Crippen LogP contribution >= 0.6 is 0 Å². The molecule has 26 heavy (non-hydrogen) atoms. The van der Waals surface area contributed by atoms with Gasteiger partial charge in [0, 0.05) is 19.3 Å². The lowest BCUT2D eigenvalue weighted by molar-refractivity contribution is -0.387. The van der Waals surface area contributed by atoms with E-state index in [9.17, 15) is 22.9 Å². The number of hydrogen-bond acceptors (Lipinski definition) is 5. The summed E-state index contributed by atoms with van der Waals surface area (Å²) in [6, 6.07) is 10.8. The lowest BCUT2D eigenvalue weighted by Crippen LogP contribution is -2.49. The lowest BCUT2D eigenvalue weighted by Gasteiger charge is -2.38. The molecule has 0 unspecified atom stereocenters. The molecule has 9 heteroatoms. The number of hydrogen-bond donors (Lipinski definition) is 1. The van der Waals surface area contributed by atoms with E-state index in [1.54, 1.807) is 6.07 Å². The number of rotatable bonds is 5. The molecule has 0 radical (unpaired) electrons. The average molecular weight is 380 g/mol. The molecule has 0 amide bonds. The zero-order valence-corrected chi connectivity index (χ0v) is 14.5. The van der Waals surface area contributed by atoms with E-state index < -0.39 is 36.9 Å². The summed E-state index contributed by atoms with van der Waals surface area (Å²) in [5.74, 6) is -0.488. The zero-order valence-electron chi connectivity index (χ0n) is 13.7. The van der Waals surface area contributed by atoms with Crippen LogP contribution in [0.4, 0.5) is 10.1 Å². The van der Waals surface area contributed by atoms with Crippen molar-refractivity contribution in [1.29, 1.82) is 0 Å². The topological polar surface area (TPSA) is 98.5 Å². The third-order valence-corrected chi connectivity index (χ3v) is 5.99. The first kappa shape index (κ1) is 18.4. The Kier molecular flexibility index (Phi) is 5.03. The third kappa shape index (κ3) is 3.59. The van der Waals surface area contributed by atoms with E-state index in [2.05, 4.69) is 4.72 Å². The molecule has 1 heterocycles. The maximum Gasteiger partial charge on any atom is 0.289 e. The minimum Gasteiger partial charge on any atom is -0.381 e. The number of nitro benzene ring substituents is 1. The monoisotopic (exact) mass is 380 g/mol. The molecule has 0 spiro atoms. The molecule has 7 nitrogen and oxygen atoms in total. The number of para-hydroxylation sites is 1. The van der Waals surface area contributed by atoms with Crippen LogP contribution in [-0.4, -0.2) is 26.6 Å². The summed E-state index contributed by atoms with van der Waals surface area (Å²) < 4.78 is 47.5. The number of benzene rings is 2. The number of halogens is 1. The summed E-state index contributed by atoms with van der Waals surface area (Å²) in [7, 11) is -4.22. The van der Waals surface area contributed by atoms with E-state index in [-0.39, 0.29) is 26.1 Å². The quantitative estimate of drug-likeness (QED) is 0.635. The summed E-state index contributed by atoms with van der Waals surface area (Å²) >= 11 is 0. The van der Waals surface area contributed by atoms with Crippen molar-refractivity contribution in [2.75, 3.05) is 13.2 Å². The van der Waals surface area contributed by atoms with Crippen LogP contribution in [0.1, 0.15) is 18.4 Å². The van der Waals surface area contributed by atoms with Gasteiger partial charge in [-0.3, -0.25) is 10.1 Å². The Morgan fingerprint density at radius 2 is 1.81 bits per heavy atom. The third-order valence-electron chi connectivity index (χ3n) is 4.40. The van der Waals surface area contributed by atoms with Gasteiger partial charge in [0.2, 0.25) is 10.0 Å². The van der Waals surface area contributed by atoms with Gasteiger partial charge in [-0.1, -0.05) is 24.3 Å². The smallest absolute Gasteiger partial charge is 0.289 e. The van der Waals surface area contributed by atoms with Crippen LogP contribution in [0, 0.1) is 15.9 Å². The van der Waals surface area contributed by atoms with Crippen LogP contribution in [0.5, 0.6) is 0 Å². The Morgan fingerprint density at radius 1 is 1.12 bits per heavy atom. The molecule has 0 atom stereocenters. The first-order chi connectivity index (χ1) is 12.3. The summed E-state index contributed by atoms with van der Waals surface area (Å²) in [4.78, 5) is 10.0. The molecule has 1 aliphatic heterocycles. The Hall–Kier alpha value is -2.36. The fourth-order valence-corrected chi connectivity index (χ4v) is 4.73. The molecule has 2 aromatic carbocycles. The van der Waals surface area contributed by atoms with E-state index in [0.717, 1.165) is 6.07 Å². The van der Waals surface area contributed by atoms with Gasteiger partial charge in [-0.05, 0) is 36.6 Å². The first-order valence-electron chi connectivity index (χ1n) is 7.95.